The maximum atomic E-state index is 13.8. The summed E-state index contributed by atoms with van der Waals surface area (Å²) in [4.78, 5) is 18.5. The summed E-state index contributed by atoms with van der Waals surface area (Å²) in [6, 6.07) is 18.3. The second-order valence-electron chi connectivity index (χ2n) is 13.6. The molecule has 2 N–H and O–H groups in total. The van der Waals surface area contributed by atoms with Crippen LogP contribution in [0.15, 0.2) is 70.7 Å². The first-order chi connectivity index (χ1) is 20.7. The number of allylic oxidation sites excluding steroid dienone is 1. The Labute approximate surface area is 260 Å². The Kier molecular flexibility index (Phi) is 6.36. The molecule has 0 bridgehead atoms. The van der Waals surface area contributed by atoms with Gasteiger partial charge in [0.15, 0.2) is 10.1 Å². The van der Waals surface area contributed by atoms with Gasteiger partial charge in [0.2, 0.25) is 0 Å². The van der Waals surface area contributed by atoms with Crippen LogP contribution in [0.5, 0.6) is 0 Å². The number of fused-ring (bicyclic) bond motifs is 7. The molecule has 5 unspecified atom stereocenters. The van der Waals surface area contributed by atoms with E-state index in [9.17, 15) is 15.0 Å². The minimum absolute atomic E-state index is 0.0911. The van der Waals surface area contributed by atoms with E-state index in [0.717, 1.165) is 51.6 Å². The van der Waals surface area contributed by atoms with Gasteiger partial charge in [0, 0.05) is 5.41 Å². The Morgan fingerprint density at radius 3 is 2.72 bits per heavy atom. The number of carbonyl (C=O) groups excluding carboxylic acids is 1. The van der Waals surface area contributed by atoms with Crippen molar-refractivity contribution >= 4 is 45.2 Å². The highest BCUT2D eigenvalue weighted by Gasteiger charge is 2.68. The largest absolute Gasteiger partial charge is 0.393 e. The number of para-hydroxylation sites is 2. The molecule has 2 aromatic carbocycles. The fourth-order valence-corrected chi connectivity index (χ4v) is 11.6. The van der Waals surface area contributed by atoms with Gasteiger partial charge in [0.1, 0.15) is 5.60 Å². The molecule has 222 valence electrons. The van der Waals surface area contributed by atoms with Gasteiger partial charge in [0.25, 0.3) is 0 Å². The monoisotopic (exact) mass is 611 g/mol. The van der Waals surface area contributed by atoms with Crippen LogP contribution in [0.1, 0.15) is 57.2 Å². The lowest BCUT2D eigenvalue weighted by molar-refractivity contribution is -0.177. The van der Waals surface area contributed by atoms with Crippen LogP contribution in [0.4, 0.5) is 0 Å². The second kappa shape index (κ2) is 9.86. The van der Waals surface area contributed by atoms with Crippen molar-refractivity contribution in [3.8, 4) is 5.69 Å². The second-order valence-corrected chi connectivity index (χ2v) is 15.9. The van der Waals surface area contributed by atoms with E-state index in [1.807, 2.05) is 53.3 Å². The molecule has 43 heavy (non-hydrogen) atoms. The Morgan fingerprint density at radius 1 is 1.12 bits per heavy atom. The van der Waals surface area contributed by atoms with Crippen LogP contribution >= 0.6 is 23.1 Å². The number of nitrogens with zero attached hydrogens (tertiary/aromatic N) is 3. The first kappa shape index (κ1) is 27.7. The topological polar surface area (TPSA) is 88.2 Å². The molecular formula is C35H37N3O3S2. The number of Topliss-reactive ketones (excluding diaryl/α,β-unsaturated/α-hetero) is 1. The number of aromatic nitrogens is 3. The van der Waals surface area contributed by atoms with Crippen molar-refractivity contribution in [2.75, 3.05) is 5.75 Å². The predicted octanol–water partition coefficient (Wildman–Crippen LogP) is 6.73. The predicted molar refractivity (Wildman–Crippen MR) is 171 cm³/mol. The van der Waals surface area contributed by atoms with E-state index >= 15 is 0 Å². The SMILES string of the molecule is CC12Cc3cnn(-c4ccccc4)c3C=C1CCC1C2[C@@H](O)CC2(C)C1CC[C@]2(O)C(=O)CSc1nc2ccccc2s1. The number of aliphatic hydroxyl groups excluding tert-OH is 1. The first-order valence-electron chi connectivity index (χ1n) is 15.5. The van der Waals surface area contributed by atoms with Crippen molar-refractivity contribution in [1.82, 2.24) is 14.8 Å². The minimum atomic E-state index is -1.43. The Morgan fingerprint density at radius 2 is 1.91 bits per heavy atom. The Balaban J connectivity index is 1.05. The standard InChI is InChI=1S/C35H37N3O3S2/c1-33-17-21-19-36-38(23-8-4-3-5-9-23)27(21)16-22(33)12-13-24-25-14-15-35(41,34(25,2)18-28(39)31(24)33)30(40)20-42-32-37-26-10-6-7-11-29(26)43-32/h3-11,16,19,24-25,28,31,39,41H,12-15,17-18,20H2,1-2H3/t24?,25?,28-,31?,33?,34?,35-/m0/s1. The Bertz CT molecular complexity index is 1730. The summed E-state index contributed by atoms with van der Waals surface area (Å²) in [6.07, 6.45) is 8.29. The van der Waals surface area contributed by atoms with E-state index in [0.29, 0.717) is 12.8 Å². The highest BCUT2D eigenvalue weighted by Crippen LogP contribution is 2.67. The van der Waals surface area contributed by atoms with Gasteiger partial charge in [-0.2, -0.15) is 5.10 Å². The van der Waals surface area contributed by atoms with Gasteiger partial charge in [-0.15, -0.1) is 11.3 Å². The van der Waals surface area contributed by atoms with Crippen LogP contribution in [0, 0.1) is 28.6 Å². The molecule has 0 amide bonds. The molecule has 4 aliphatic carbocycles. The maximum Gasteiger partial charge on any atom is 0.175 e. The molecule has 3 saturated carbocycles. The van der Waals surface area contributed by atoms with Crippen LogP contribution in [0.2, 0.25) is 0 Å². The molecule has 2 aromatic heterocycles. The normalized spacial score (nSPS) is 34.7. The molecule has 4 aliphatic rings. The molecule has 0 aliphatic heterocycles. The summed E-state index contributed by atoms with van der Waals surface area (Å²) in [5.41, 5.74) is 3.53. The number of carbonyl (C=O) groups is 1. The minimum Gasteiger partial charge on any atom is -0.393 e. The number of thioether (sulfide) groups is 1. The molecule has 0 spiro atoms. The molecule has 8 rings (SSSR count). The molecule has 0 radical (unpaired) electrons. The number of ketones is 1. The van der Waals surface area contributed by atoms with Crippen LogP contribution < -0.4 is 0 Å². The Hall–Kier alpha value is -2.78. The van der Waals surface area contributed by atoms with Crippen molar-refractivity contribution < 1.29 is 15.0 Å². The summed E-state index contributed by atoms with van der Waals surface area (Å²) in [7, 11) is 0. The summed E-state index contributed by atoms with van der Waals surface area (Å²) < 4.78 is 4.00. The van der Waals surface area contributed by atoms with Gasteiger partial charge >= 0.3 is 0 Å². The van der Waals surface area contributed by atoms with Crippen LogP contribution in [0.25, 0.3) is 22.0 Å². The molecule has 6 nitrogen and oxygen atoms in total. The smallest absolute Gasteiger partial charge is 0.175 e. The lowest BCUT2D eigenvalue weighted by Crippen LogP contribution is -2.62. The quantitative estimate of drug-likeness (QED) is 0.244. The van der Waals surface area contributed by atoms with E-state index in [1.54, 1.807) is 11.3 Å². The zero-order valence-electron chi connectivity index (χ0n) is 24.6. The van der Waals surface area contributed by atoms with E-state index in [-0.39, 0.29) is 34.7 Å². The number of aliphatic hydroxyl groups is 2. The third kappa shape index (κ3) is 4.02. The summed E-state index contributed by atoms with van der Waals surface area (Å²) >= 11 is 3.02. The first-order valence-corrected chi connectivity index (χ1v) is 17.3. The zero-order valence-corrected chi connectivity index (χ0v) is 26.2. The lowest BCUT2D eigenvalue weighted by Gasteiger charge is -2.60. The highest BCUT2D eigenvalue weighted by molar-refractivity contribution is 8.01. The van der Waals surface area contributed by atoms with Crippen LogP contribution in [-0.4, -0.2) is 48.2 Å². The number of benzene rings is 2. The van der Waals surface area contributed by atoms with Crippen molar-refractivity contribution in [1.29, 1.82) is 0 Å². The summed E-state index contributed by atoms with van der Waals surface area (Å²) in [5, 5.41) is 28.9. The molecular weight excluding hydrogens is 575 g/mol. The van der Waals surface area contributed by atoms with E-state index in [1.165, 1.54) is 22.9 Å². The van der Waals surface area contributed by atoms with Crippen molar-refractivity contribution in [3.05, 3.63) is 77.6 Å². The third-order valence-corrected chi connectivity index (χ3v) is 13.8. The molecule has 0 saturated heterocycles. The van der Waals surface area contributed by atoms with Gasteiger partial charge in [0.05, 0.1) is 39.7 Å². The van der Waals surface area contributed by atoms with Gasteiger partial charge < -0.3 is 10.2 Å². The van der Waals surface area contributed by atoms with E-state index < -0.39 is 17.1 Å². The van der Waals surface area contributed by atoms with E-state index in [4.69, 9.17) is 5.10 Å². The van der Waals surface area contributed by atoms with E-state index in [2.05, 4.69) is 37.0 Å². The van der Waals surface area contributed by atoms with Gasteiger partial charge in [-0.3, -0.25) is 4.79 Å². The highest BCUT2D eigenvalue weighted by atomic mass is 32.2. The number of rotatable bonds is 5. The van der Waals surface area contributed by atoms with Crippen molar-refractivity contribution in [2.24, 2.45) is 28.6 Å². The summed E-state index contributed by atoms with van der Waals surface area (Å²) in [6.45, 7) is 4.42. The fraction of sp³-hybridized carbons (Fsp3) is 0.457. The average Bonchev–Trinajstić information content (AvgIpc) is 3.68. The van der Waals surface area contributed by atoms with Gasteiger partial charge in [-0.1, -0.05) is 61.5 Å². The lowest BCUT2D eigenvalue weighted by atomic mass is 9.45. The molecule has 2 heterocycles. The zero-order chi connectivity index (χ0) is 29.6. The van der Waals surface area contributed by atoms with Crippen LogP contribution in [-0.2, 0) is 11.2 Å². The van der Waals surface area contributed by atoms with Crippen molar-refractivity contribution in [2.45, 2.75) is 68.4 Å². The van der Waals surface area contributed by atoms with Crippen LogP contribution in [0.3, 0.4) is 0 Å². The molecule has 3 fully saturated rings. The molecule has 4 aromatic rings. The average molecular weight is 612 g/mol. The third-order valence-electron chi connectivity index (χ3n) is 11.6. The van der Waals surface area contributed by atoms with Gasteiger partial charge in [-0.05, 0) is 97.6 Å². The molecule has 8 heteroatoms. The maximum absolute atomic E-state index is 13.8. The van der Waals surface area contributed by atoms with Gasteiger partial charge in [-0.25, -0.2) is 9.67 Å². The molecule has 7 atom stereocenters. The summed E-state index contributed by atoms with van der Waals surface area (Å²) in [5.74, 6) is 0.634. The van der Waals surface area contributed by atoms with Crippen molar-refractivity contribution in [3.63, 3.8) is 0 Å². The number of thiazole rings is 1. The number of hydrogen-bond acceptors (Lipinski definition) is 7. The number of hydrogen-bond donors (Lipinski definition) is 2. The fourth-order valence-electron chi connectivity index (χ4n) is 9.58.